The molecule has 0 unspecified atom stereocenters. The number of dihydropyridines is 1. The number of hydrogen-bond acceptors (Lipinski definition) is 7. The molecule has 0 amide bonds. The summed E-state index contributed by atoms with van der Waals surface area (Å²) in [5, 5.41) is 14.5. The number of nitrogens with one attached hydrogen (secondary N) is 1. The molecule has 0 spiro atoms. The average Bonchev–Trinajstić information content (AvgIpc) is 2.97. The van der Waals surface area contributed by atoms with Crippen LogP contribution in [-0.2, 0) is 14.3 Å². The number of carbonyl (C=O) groups excluding carboxylic acids is 2. The first kappa shape index (κ1) is 29.5. The number of allylic oxidation sites excluding steroid dienone is 3. The molecule has 1 aliphatic carbocycles. The van der Waals surface area contributed by atoms with Gasteiger partial charge in [-0.15, -0.1) is 0 Å². The summed E-state index contributed by atoms with van der Waals surface area (Å²) in [6.45, 7) is 4.04. The van der Waals surface area contributed by atoms with Crippen LogP contribution in [0.2, 0.25) is 10.0 Å². The Labute approximate surface area is 254 Å². The summed E-state index contributed by atoms with van der Waals surface area (Å²) in [6, 6.07) is 19.9. The van der Waals surface area contributed by atoms with E-state index >= 15 is 0 Å². The second-order valence-corrected chi connectivity index (χ2v) is 11.0. The molecular formula is C33H31Cl2NO6. The van der Waals surface area contributed by atoms with Crippen molar-refractivity contribution < 1.29 is 28.9 Å². The van der Waals surface area contributed by atoms with Gasteiger partial charge in [0.05, 0.1) is 17.2 Å². The molecule has 0 fully saturated rings. The van der Waals surface area contributed by atoms with E-state index in [1.807, 2.05) is 54.6 Å². The van der Waals surface area contributed by atoms with Crippen LogP contribution >= 0.6 is 23.2 Å². The number of rotatable bonds is 9. The molecule has 3 aromatic carbocycles. The molecule has 2 atom stereocenters. The number of hydrogen-bond donors (Lipinski definition) is 2. The molecule has 5 rings (SSSR count). The SMILES string of the molecule is CCOc1cc([C@H]2C(C(=O)OCCOc3ccccc3)=C(C)NC3=C2C(=O)C[C@@H](c2ccc(Cl)cc2)C3)cc(Cl)c1O. The molecule has 1 heterocycles. The zero-order valence-electron chi connectivity index (χ0n) is 23.3. The average molecular weight is 609 g/mol. The number of phenolic OH excluding ortho intramolecular Hbond substituents is 1. The summed E-state index contributed by atoms with van der Waals surface area (Å²) in [7, 11) is 0. The lowest BCUT2D eigenvalue weighted by atomic mass is 9.71. The van der Waals surface area contributed by atoms with Gasteiger partial charge in [0, 0.05) is 34.3 Å². The van der Waals surface area contributed by atoms with Crippen LogP contribution in [0, 0.1) is 0 Å². The van der Waals surface area contributed by atoms with Crippen molar-refractivity contribution in [1.29, 1.82) is 0 Å². The molecule has 2 N–H and O–H groups in total. The van der Waals surface area contributed by atoms with Crippen LogP contribution in [0.5, 0.6) is 17.2 Å². The lowest BCUT2D eigenvalue weighted by Gasteiger charge is -2.37. The van der Waals surface area contributed by atoms with Crippen molar-refractivity contribution >= 4 is 35.0 Å². The minimum atomic E-state index is -0.778. The highest BCUT2D eigenvalue weighted by molar-refractivity contribution is 6.32. The van der Waals surface area contributed by atoms with Crippen LogP contribution in [0.25, 0.3) is 0 Å². The molecule has 0 saturated heterocycles. The molecule has 0 radical (unpaired) electrons. The summed E-state index contributed by atoms with van der Waals surface area (Å²) in [5.74, 6) is -0.874. The Morgan fingerprint density at radius 2 is 1.71 bits per heavy atom. The molecule has 1 aliphatic heterocycles. The van der Waals surface area contributed by atoms with Crippen molar-refractivity contribution in [2.45, 2.75) is 38.5 Å². The fourth-order valence-electron chi connectivity index (χ4n) is 5.53. The number of Topliss-reactive ketones (excluding diaryl/α,β-unsaturated/α-hetero) is 1. The van der Waals surface area contributed by atoms with E-state index in [4.69, 9.17) is 37.4 Å². The number of ether oxygens (including phenoxy) is 3. The molecular weight excluding hydrogens is 577 g/mol. The van der Waals surface area contributed by atoms with Crippen molar-refractivity contribution in [3.05, 3.63) is 110 Å². The summed E-state index contributed by atoms with van der Waals surface area (Å²) >= 11 is 12.5. The lowest BCUT2D eigenvalue weighted by Crippen LogP contribution is -2.36. The first-order chi connectivity index (χ1) is 20.3. The van der Waals surface area contributed by atoms with Gasteiger partial charge in [-0.3, -0.25) is 4.79 Å². The number of esters is 1. The molecule has 0 bridgehead atoms. The minimum absolute atomic E-state index is 0.0102. The van der Waals surface area contributed by atoms with Crippen LogP contribution in [0.1, 0.15) is 49.7 Å². The predicted octanol–water partition coefficient (Wildman–Crippen LogP) is 7.08. The van der Waals surface area contributed by atoms with Crippen molar-refractivity contribution in [3.63, 3.8) is 0 Å². The maximum Gasteiger partial charge on any atom is 0.336 e. The second-order valence-electron chi connectivity index (χ2n) is 10.1. The van der Waals surface area contributed by atoms with Gasteiger partial charge < -0.3 is 24.6 Å². The van der Waals surface area contributed by atoms with Gasteiger partial charge in [0.1, 0.15) is 19.0 Å². The summed E-state index contributed by atoms with van der Waals surface area (Å²) in [5.41, 5.74) is 3.62. The highest BCUT2D eigenvalue weighted by Crippen LogP contribution is 2.48. The van der Waals surface area contributed by atoms with Crippen LogP contribution in [0.3, 0.4) is 0 Å². The van der Waals surface area contributed by atoms with E-state index in [0.717, 1.165) is 11.3 Å². The van der Waals surface area contributed by atoms with Crippen molar-refractivity contribution in [2.75, 3.05) is 19.8 Å². The Kier molecular flexibility index (Phi) is 9.09. The van der Waals surface area contributed by atoms with Crippen LogP contribution in [-0.4, -0.2) is 36.7 Å². The first-order valence-electron chi connectivity index (χ1n) is 13.8. The van der Waals surface area contributed by atoms with E-state index < -0.39 is 11.9 Å². The van der Waals surface area contributed by atoms with Gasteiger partial charge in [0.15, 0.2) is 17.3 Å². The standard InChI is InChI=1S/C33H31Cl2NO6/c1-3-40-28-18-22(15-25(35)32(28)38)30-29(33(39)42-14-13-41-24-7-5-4-6-8-24)19(2)36-26-16-21(17-27(37)31(26)30)20-9-11-23(34)12-10-20/h4-12,15,18,21,30,36,38H,3,13-14,16-17H2,1-2H3/t21-,30-/m0/s1. The molecule has 0 saturated carbocycles. The maximum absolute atomic E-state index is 13.9. The third-order valence-electron chi connectivity index (χ3n) is 7.40. The van der Waals surface area contributed by atoms with E-state index in [-0.39, 0.29) is 53.4 Å². The number of para-hydroxylation sites is 1. The van der Waals surface area contributed by atoms with Gasteiger partial charge in [0.2, 0.25) is 0 Å². The zero-order valence-corrected chi connectivity index (χ0v) is 24.8. The highest BCUT2D eigenvalue weighted by Gasteiger charge is 2.42. The zero-order chi connectivity index (χ0) is 29.8. The van der Waals surface area contributed by atoms with Gasteiger partial charge in [-0.2, -0.15) is 0 Å². The van der Waals surface area contributed by atoms with Crippen LogP contribution in [0.15, 0.2) is 89.3 Å². The number of benzene rings is 3. The topological polar surface area (TPSA) is 94.1 Å². The molecule has 0 aromatic heterocycles. The van der Waals surface area contributed by atoms with E-state index in [0.29, 0.717) is 40.6 Å². The van der Waals surface area contributed by atoms with Gasteiger partial charge in [0.25, 0.3) is 0 Å². The monoisotopic (exact) mass is 607 g/mol. The third-order valence-corrected chi connectivity index (χ3v) is 7.94. The summed E-state index contributed by atoms with van der Waals surface area (Å²) in [6.07, 6.45) is 0.822. The highest BCUT2D eigenvalue weighted by atomic mass is 35.5. The van der Waals surface area contributed by atoms with Gasteiger partial charge in [-0.25, -0.2) is 4.79 Å². The predicted molar refractivity (Wildman–Crippen MR) is 161 cm³/mol. The normalized spacial score (nSPS) is 18.3. The van der Waals surface area contributed by atoms with E-state index in [9.17, 15) is 14.7 Å². The van der Waals surface area contributed by atoms with E-state index in [1.54, 1.807) is 26.0 Å². The summed E-state index contributed by atoms with van der Waals surface area (Å²) in [4.78, 5) is 27.5. The first-order valence-corrected chi connectivity index (χ1v) is 14.5. The van der Waals surface area contributed by atoms with Crippen molar-refractivity contribution in [1.82, 2.24) is 5.32 Å². The quantitative estimate of drug-likeness (QED) is 0.198. The molecule has 42 heavy (non-hydrogen) atoms. The number of phenols is 1. The Balaban J connectivity index is 1.48. The Morgan fingerprint density at radius 3 is 2.43 bits per heavy atom. The van der Waals surface area contributed by atoms with Crippen LogP contribution in [0.4, 0.5) is 0 Å². The summed E-state index contributed by atoms with van der Waals surface area (Å²) < 4.78 is 17.0. The van der Waals surface area contributed by atoms with Gasteiger partial charge in [-0.1, -0.05) is 53.5 Å². The lowest BCUT2D eigenvalue weighted by molar-refractivity contribution is -0.140. The number of carbonyl (C=O) groups is 2. The van der Waals surface area contributed by atoms with E-state index in [2.05, 4.69) is 5.32 Å². The number of aromatic hydroxyl groups is 1. The smallest absolute Gasteiger partial charge is 0.336 e. The Hall–Kier alpha value is -3.94. The van der Waals surface area contributed by atoms with Crippen LogP contribution < -0.4 is 14.8 Å². The molecule has 9 heteroatoms. The maximum atomic E-state index is 13.9. The molecule has 218 valence electrons. The molecule has 2 aliphatic rings. The van der Waals surface area contributed by atoms with E-state index in [1.165, 1.54) is 0 Å². The van der Waals surface area contributed by atoms with Gasteiger partial charge in [-0.05, 0) is 73.7 Å². The van der Waals surface area contributed by atoms with Crippen molar-refractivity contribution in [3.8, 4) is 17.2 Å². The Bertz CT molecular complexity index is 1550. The Morgan fingerprint density at radius 1 is 0.976 bits per heavy atom. The third kappa shape index (κ3) is 6.27. The second kappa shape index (κ2) is 12.9. The molecule has 7 nitrogen and oxygen atoms in total. The fraction of sp³-hybridized carbons (Fsp3) is 0.273. The number of halogens is 2. The molecule has 3 aromatic rings. The van der Waals surface area contributed by atoms with Crippen molar-refractivity contribution in [2.24, 2.45) is 0 Å². The largest absolute Gasteiger partial charge is 0.503 e. The number of ketones is 1. The van der Waals surface area contributed by atoms with Gasteiger partial charge >= 0.3 is 5.97 Å². The fourth-order valence-corrected chi connectivity index (χ4v) is 5.87. The minimum Gasteiger partial charge on any atom is -0.503 e.